The maximum Gasteiger partial charge on any atom is 0.161 e. The second-order valence-electron chi connectivity index (χ2n) is 5.70. The van der Waals surface area contributed by atoms with E-state index in [1.165, 1.54) is 13.0 Å². The molecule has 19 heavy (non-hydrogen) atoms. The minimum Gasteiger partial charge on any atom is -0.388 e. The fraction of sp³-hybridized carbons (Fsp3) is 0.533. The molecule has 0 spiro atoms. The molecule has 0 radical (unpaired) electrons. The van der Waals surface area contributed by atoms with E-state index in [0.29, 0.717) is 17.7 Å². The number of carbonyl (C=O) groups excluding carboxylic acids is 1. The monoisotopic (exact) mass is 265 g/mol. The Morgan fingerprint density at radius 1 is 1.47 bits per heavy atom. The fourth-order valence-electron chi connectivity index (χ4n) is 2.64. The van der Waals surface area contributed by atoms with E-state index in [2.05, 4.69) is 0 Å². The number of halogens is 1. The van der Waals surface area contributed by atoms with Gasteiger partial charge < -0.3 is 10.0 Å². The molecule has 1 N–H and O–H groups in total. The van der Waals surface area contributed by atoms with Gasteiger partial charge in [-0.2, -0.15) is 0 Å². The molecule has 4 heteroatoms. The summed E-state index contributed by atoms with van der Waals surface area (Å²) in [5.74, 6) is -0.517. The largest absolute Gasteiger partial charge is 0.388 e. The van der Waals surface area contributed by atoms with Crippen molar-refractivity contribution >= 4 is 11.5 Å². The van der Waals surface area contributed by atoms with E-state index in [1.54, 1.807) is 19.9 Å². The number of aliphatic hydroxyl groups is 1. The Hall–Kier alpha value is -1.42. The minimum absolute atomic E-state index is 0.154. The molecule has 1 aromatic carbocycles. The molecule has 2 rings (SSSR count). The normalized spacial score (nSPS) is 23.5. The lowest BCUT2D eigenvalue weighted by Gasteiger charge is -2.39. The van der Waals surface area contributed by atoms with Crippen LogP contribution in [0.4, 0.5) is 10.1 Å². The van der Waals surface area contributed by atoms with Crippen molar-refractivity contribution in [1.82, 2.24) is 0 Å². The summed E-state index contributed by atoms with van der Waals surface area (Å²) in [6, 6.07) is 3.00. The zero-order valence-electron chi connectivity index (χ0n) is 11.7. The van der Waals surface area contributed by atoms with Gasteiger partial charge in [-0.05, 0) is 51.3 Å². The van der Waals surface area contributed by atoms with E-state index >= 15 is 0 Å². The highest BCUT2D eigenvalue weighted by atomic mass is 19.1. The molecule has 3 nitrogen and oxygen atoms in total. The van der Waals surface area contributed by atoms with Gasteiger partial charge in [-0.3, -0.25) is 4.79 Å². The third-order valence-electron chi connectivity index (χ3n) is 3.67. The Balaban J connectivity index is 2.43. The Kier molecular flexibility index (Phi) is 3.63. The Labute approximate surface area is 113 Å². The van der Waals surface area contributed by atoms with Gasteiger partial charge in [0.1, 0.15) is 5.82 Å². The number of ketones is 1. The maximum atomic E-state index is 13.6. The quantitative estimate of drug-likeness (QED) is 0.836. The van der Waals surface area contributed by atoms with Gasteiger partial charge in [-0.1, -0.05) is 0 Å². The third-order valence-corrected chi connectivity index (χ3v) is 3.67. The predicted molar refractivity (Wildman–Crippen MR) is 73.2 cm³/mol. The van der Waals surface area contributed by atoms with E-state index in [4.69, 9.17) is 0 Å². The zero-order valence-corrected chi connectivity index (χ0v) is 11.7. The van der Waals surface area contributed by atoms with E-state index in [9.17, 15) is 14.3 Å². The molecule has 1 heterocycles. The lowest BCUT2D eigenvalue weighted by molar-refractivity contribution is 0.0448. The van der Waals surface area contributed by atoms with Crippen LogP contribution < -0.4 is 4.90 Å². The summed E-state index contributed by atoms with van der Waals surface area (Å²) >= 11 is 0. The standard InChI is InChI=1S/C15H20FNO2/c1-10-7-14(12(11(2)18)8-13(10)16)17-6-4-5-15(3,19)9-17/h7-8,19H,4-6,9H2,1-3H3. The summed E-state index contributed by atoms with van der Waals surface area (Å²) in [7, 11) is 0. The first-order valence-electron chi connectivity index (χ1n) is 6.58. The van der Waals surface area contributed by atoms with Gasteiger partial charge in [0.15, 0.2) is 5.78 Å². The van der Waals surface area contributed by atoms with Crippen LogP contribution in [0.5, 0.6) is 0 Å². The maximum absolute atomic E-state index is 13.6. The smallest absolute Gasteiger partial charge is 0.161 e. The number of carbonyl (C=O) groups is 1. The topological polar surface area (TPSA) is 40.5 Å². The van der Waals surface area contributed by atoms with Gasteiger partial charge in [-0.25, -0.2) is 4.39 Å². The molecule has 1 aliphatic heterocycles. The van der Waals surface area contributed by atoms with Crippen LogP contribution in [-0.4, -0.2) is 29.6 Å². The lowest BCUT2D eigenvalue weighted by atomic mass is 9.93. The zero-order chi connectivity index (χ0) is 14.2. The summed E-state index contributed by atoms with van der Waals surface area (Å²) in [5, 5.41) is 10.2. The SMILES string of the molecule is CC(=O)c1cc(F)c(C)cc1N1CCCC(C)(O)C1. The van der Waals surface area contributed by atoms with Crippen molar-refractivity contribution in [1.29, 1.82) is 0 Å². The van der Waals surface area contributed by atoms with E-state index in [1.807, 2.05) is 4.90 Å². The Morgan fingerprint density at radius 3 is 2.74 bits per heavy atom. The molecular formula is C15H20FNO2. The van der Waals surface area contributed by atoms with E-state index < -0.39 is 5.60 Å². The molecule has 0 aliphatic carbocycles. The number of Topliss-reactive ketones (excluding diaryl/α,β-unsaturated/α-hetero) is 1. The number of hydrogen-bond donors (Lipinski definition) is 1. The van der Waals surface area contributed by atoms with Gasteiger partial charge in [0.25, 0.3) is 0 Å². The highest BCUT2D eigenvalue weighted by Gasteiger charge is 2.30. The molecule has 0 aromatic heterocycles. The van der Waals surface area contributed by atoms with Crippen LogP contribution in [0.25, 0.3) is 0 Å². The molecular weight excluding hydrogens is 245 g/mol. The molecule has 1 aromatic rings. The van der Waals surface area contributed by atoms with Crippen molar-refractivity contribution < 1.29 is 14.3 Å². The van der Waals surface area contributed by atoms with Crippen LogP contribution in [0.15, 0.2) is 12.1 Å². The number of benzene rings is 1. The fourth-order valence-corrected chi connectivity index (χ4v) is 2.64. The molecule has 0 saturated carbocycles. The first-order chi connectivity index (χ1) is 8.80. The van der Waals surface area contributed by atoms with Crippen molar-refractivity contribution in [3.05, 3.63) is 29.1 Å². The van der Waals surface area contributed by atoms with Crippen LogP contribution in [0, 0.1) is 12.7 Å². The van der Waals surface area contributed by atoms with Crippen molar-refractivity contribution in [2.24, 2.45) is 0 Å². The number of piperidine rings is 1. The number of nitrogens with zero attached hydrogens (tertiary/aromatic N) is 1. The van der Waals surface area contributed by atoms with Crippen molar-refractivity contribution in [3.8, 4) is 0 Å². The number of β-amino-alcohol motifs (C(OH)–C–C–N with tert-alkyl or cyclic N) is 1. The van der Waals surface area contributed by atoms with Crippen LogP contribution in [0.1, 0.15) is 42.6 Å². The Bertz CT molecular complexity index is 511. The molecule has 0 bridgehead atoms. The highest BCUT2D eigenvalue weighted by molar-refractivity contribution is 6.00. The second-order valence-corrected chi connectivity index (χ2v) is 5.70. The first kappa shape index (κ1) is 14.0. The van der Waals surface area contributed by atoms with Crippen LogP contribution in [0.3, 0.4) is 0 Å². The summed E-state index contributed by atoms with van der Waals surface area (Å²) in [5.41, 5.74) is 0.881. The van der Waals surface area contributed by atoms with Crippen LogP contribution >= 0.6 is 0 Å². The number of anilines is 1. The number of hydrogen-bond acceptors (Lipinski definition) is 3. The lowest BCUT2D eigenvalue weighted by Crippen LogP contribution is -2.46. The molecule has 1 atom stereocenters. The van der Waals surface area contributed by atoms with Gasteiger partial charge in [-0.15, -0.1) is 0 Å². The van der Waals surface area contributed by atoms with Gasteiger partial charge in [0.2, 0.25) is 0 Å². The summed E-state index contributed by atoms with van der Waals surface area (Å²) in [6.45, 7) is 6.17. The average molecular weight is 265 g/mol. The molecule has 1 saturated heterocycles. The van der Waals surface area contributed by atoms with Gasteiger partial charge in [0, 0.05) is 24.3 Å². The van der Waals surface area contributed by atoms with Crippen LogP contribution in [-0.2, 0) is 0 Å². The van der Waals surface area contributed by atoms with E-state index in [-0.39, 0.29) is 11.6 Å². The highest BCUT2D eigenvalue weighted by Crippen LogP contribution is 2.30. The average Bonchev–Trinajstić information content (AvgIpc) is 2.30. The molecule has 104 valence electrons. The molecule has 1 unspecified atom stereocenters. The van der Waals surface area contributed by atoms with Gasteiger partial charge >= 0.3 is 0 Å². The molecule has 0 amide bonds. The van der Waals surface area contributed by atoms with Gasteiger partial charge in [0.05, 0.1) is 5.60 Å². The predicted octanol–water partition coefficient (Wildman–Crippen LogP) is 2.69. The molecule has 1 fully saturated rings. The van der Waals surface area contributed by atoms with Crippen LogP contribution in [0.2, 0.25) is 0 Å². The second kappa shape index (κ2) is 4.93. The van der Waals surface area contributed by atoms with E-state index in [0.717, 1.165) is 25.1 Å². The number of aryl methyl sites for hydroxylation is 1. The molecule has 1 aliphatic rings. The first-order valence-corrected chi connectivity index (χ1v) is 6.58. The van der Waals surface area contributed by atoms with Crippen molar-refractivity contribution in [2.75, 3.05) is 18.0 Å². The third kappa shape index (κ3) is 2.95. The number of rotatable bonds is 2. The van der Waals surface area contributed by atoms with Crippen molar-refractivity contribution in [2.45, 2.75) is 39.2 Å². The summed E-state index contributed by atoms with van der Waals surface area (Å²) in [4.78, 5) is 13.7. The minimum atomic E-state index is -0.755. The Morgan fingerprint density at radius 2 is 2.16 bits per heavy atom. The summed E-state index contributed by atoms with van der Waals surface area (Å²) in [6.07, 6.45) is 1.61. The summed E-state index contributed by atoms with van der Waals surface area (Å²) < 4.78 is 13.6. The van der Waals surface area contributed by atoms with Crippen molar-refractivity contribution in [3.63, 3.8) is 0 Å².